The van der Waals surface area contributed by atoms with Crippen molar-refractivity contribution in [3.05, 3.63) is 35.9 Å². The van der Waals surface area contributed by atoms with Crippen LogP contribution in [0.1, 0.15) is 12.0 Å². The van der Waals surface area contributed by atoms with Crippen LogP contribution in [0, 0.1) is 0 Å². The zero-order valence-corrected chi connectivity index (χ0v) is 10.9. The van der Waals surface area contributed by atoms with E-state index >= 15 is 0 Å². The number of hydrogen-bond donors (Lipinski definition) is 4. The first-order chi connectivity index (χ1) is 9.16. The fourth-order valence-electron chi connectivity index (χ4n) is 2.28. The van der Waals surface area contributed by atoms with E-state index in [1.165, 1.54) is 0 Å². The number of nitrogens with one attached hydrogen (secondary N) is 2. The molecule has 1 fully saturated rings. The molecule has 0 aromatic heterocycles. The van der Waals surface area contributed by atoms with Gasteiger partial charge in [-0.1, -0.05) is 30.3 Å². The molecule has 1 aromatic rings. The number of carbonyl (C=O) groups excluding carboxylic acids is 1. The highest BCUT2D eigenvalue weighted by molar-refractivity contribution is 5.82. The molecule has 3 unspecified atom stereocenters. The summed E-state index contributed by atoms with van der Waals surface area (Å²) in [5.74, 6) is -0.0581. The van der Waals surface area contributed by atoms with Crippen LogP contribution in [0.3, 0.4) is 0 Å². The molecule has 1 aliphatic rings. The van der Waals surface area contributed by atoms with E-state index < -0.39 is 6.10 Å². The van der Waals surface area contributed by atoms with Crippen LogP contribution < -0.4 is 16.4 Å². The van der Waals surface area contributed by atoms with Crippen LogP contribution in [0.2, 0.25) is 0 Å². The van der Waals surface area contributed by atoms with Gasteiger partial charge in [0, 0.05) is 19.1 Å². The van der Waals surface area contributed by atoms with E-state index in [9.17, 15) is 9.90 Å². The first-order valence-corrected chi connectivity index (χ1v) is 6.65. The fourth-order valence-corrected chi connectivity index (χ4v) is 2.28. The summed E-state index contributed by atoms with van der Waals surface area (Å²) in [5.41, 5.74) is 7.10. The van der Waals surface area contributed by atoms with Crippen LogP contribution in [-0.2, 0) is 11.2 Å². The lowest BCUT2D eigenvalue weighted by molar-refractivity contribution is -0.125. The minimum Gasteiger partial charge on any atom is -0.391 e. The smallest absolute Gasteiger partial charge is 0.237 e. The number of rotatable bonds is 5. The molecular formula is C14H21N3O2. The van der Waals surface area contributed by atoms with Gasteiger partial charge in [0.1, 0.15) is 0 Å². The van der Waals surface area contributed by atoms with Crippen molar-refractivity contribution in [2.75, 3.05) is 13.1 Å². The predicted octanol–water partition coefficient (Wildman–Crippen LogP) is -0.605. The van der Waals surface area contributed by atoms with Crippen molar-refractivity contribution in [2.24, 2.45) is 5.73 Å². The first kappa shape index (κ1) is 14.0. The van der Waals surface area contributed by atoms with Gasteiger partial charge in [0.2, 0.25) is 5.91 Å². The second kappa shape index (κ2) is 6.65. The number of amides is 1. The standard InChI is InChI=1S/C14H21N3O2/c15-11(8-10-4-2-1-3-5-10)13(18)9-12-14(19)17-7-6-16-12/h1-5,11-13,16,18H,6-9,15H2,(H,17,19). The van der Waals surface area contributed by atoms with Crippen LogP contribution in [0.25, 0.3) is 0 Å². The third-order valence-electron chi connectivity index (χ3n) is 3.42. The maximum Gasteiger partial charge on any atom is 0.237 e. The first-order valence-electron chi connectivity index (χ1n) is 6.65. The molecule has 1 aliphatic heterocycles. The van der Waals surface area contributed by atoms with Crippen molar-refractivity contribution in [3.8, 4) is 0 Å². The Bertz CT molecular complexity index is 410. The summed E-state index contributed by atoms with van der Waals surface area (Å²) in [6.07, 6.45) is 0.262. The second-order valence-corrected chi connectivity index (χ2v) is 4.95. The summed E-state index contributed by atoms with van der Waals surface area (Å²) in [6.45, 7) is 1.37. The molecule has 2 rings (SSSR count). The Labute approximate surface area is 113 Å². The summed E-state index contributed by atoms with van der Waals surface area (Å²) < 4.78 is 0. The number of nitrogens with two attached hydrogens (primary N) is 1. The molecule has 5 heteroatoms. The highest BCUT2D eigenvalue weighted by Gasteiger charge is 2.26. The molecule has 0 spiro atoms. The number of benzene rings is 1. The largest absolute Gasteiger partial charge is 0.391 e. The zero-order chi connectivity index (χ0) is 13.7. The van der Waals surface area contributed by atoms with Gasteiger partial charge < -0.3 is 21.5 Å². The summed E-state index contributed by atoms with van der Waals surface area (Å²) in [7, 11) is 0. The van der Waals surface area contributed by atoms with E-state index in [0.29, 0.717) is 19.4 Å². The average Bonchev–Trinajstić information content (AvgIpc) is 2.42. The van der Waals surface area contributed by atoms with Crippen molar-refractivity contribution in [1.82, 2.24) is 10.6 Å². The monoisotopic (exact) mass is 263 g/mol. The molecule has 1 aromatic carbocycles. The SMILES string of the molecule is NC(Cc1ccccc1)C(O)CC1NCCNC1=O. The maximum atomic E-state index is 11.6. The van der Waals surface area contributed by atoms with Crippen molar-refractivity contribution in [2.45, 2.75) is 31.0 Å². The highest BCUT2D eigenvalue weighted by Crippen LogP contribution is 2.09. The lowest BCUT2D eigenvalue weighted by atomic mass is 9.96. The highest BCUT2D eigenvalue weighted by atomic mass is 16.3. The van der Waals surface area contributed by atoms with Gasteiger partial charge in [0.15, 0.2) is 0 Å². The van der Waals surface area contributed by atoms with E-state index in [0.717, 1.165) is 12.1 Å². The van der Waals surface area contributed by atoms with Crippen molar-refractivity contribution < 1.29 is 9.90 Å². The Hall–Kier alpha value is -1.43. The van der Waals surface area contributed by atoms with Crippen LogP contribution in [0.15, 0.2) is 30.3 Å². The van der Waals surface area contributed by atoms with Gasteiger partial charge in [-0.25, -0.2) is 0 Å². The van der Waals surface area contributed by atoms with Gasteiger partial charge in [-0.15, -0.1) is 0 Å². The molecule has 0 radical (unpaired) electrons. The summed E-state index contributed by atoms with van der Waals surface area (Å²) in [4.78, 5) is 11.6. The third-order valence-corrected chi connectivity index (χ3v) is 3.42. The van der Waals surface area contributed by atoms with Crippen molar-refractivity contribution in [3.63, 3.8) is 0 Å². The van der Waals surface area contributed by atoms with Crippen LogP contribution >= 0.6 is 0 Å². The molecule has 104 valence electrons. The zero-order valence-electron chi connectivity index (χ0n) is 10.9. The molecule has 5 N–H and O–H groups in total. The predicted molar refractivity (Wildman–Crippen MR) is 73.5 cm³/mol. The Morgan fingerprint density at radius 2 is 2.05 bits per heavy atom. The van der Waals surface area contributed by atoms with E-state index in [2.05, 4.69) is 10.6 Å². The molecule has 3 atom stereocenters. The van der Waals surface area contributed by atoms with Crippen LogP contribution in [0.4, 0.5) is 0 Å². The molecule has 1 amide bonds. The number of piperazine rings is 1. The molecule has 1 heterocycles. The van der Waals surface area contributed by atoms with E-state index in [4.69, 9.17) is 5.73 Å². The number of aliphatic hydroxyl groups excluding tert-OH is 1. The lowest BCUT2D eigenvalue weighted by Gasteiger charge is -2.27. The summed E-state index contributed by atoms with van der Waals surface area (Å²) >= 11 is 0. The van der Waals surface area contributed by atoms with E-state index in [1.807, 2.05) is 30.3 Å². The van der Waals surface area contributed by atoms with Crippen LogP contribution in [0.5, 0.6) is 0 Å². The Kier molecular flexibility index (Phi) is 4.90. The number of aliphatic hydroxyl groups is 1. The van der Waals surface area contributed by atoms with E-state index in [1.54, 1.807) is 0 Å². The molecule has 0 aliphatic carbocycles. The number of carbonyl (C=O) groups is 1. The molecule has 1 saturated heterocycles. The Balaban J connectivity index is 1.85. The summed E-state index contributed by atoms with van der Waals surface area (Å²) in [5, 5.41) is 16.0. The topological polar surface area (TPSA) is 87.4 Å². The molecular weight excluding hydrogens is 242 g/mol. The summed E-state index contributed by atoms with van der Waals surface area (Å²) in [6, 6.07) is 9.11. The average molecular weight is 263 g/mol. The van der Waals surface area contributed by atoms with E-state index in [-0.39, 0.29) is 18.0 Å². The van der Waals surface area contributed by atoms with Crippen LogP contribution in [-0.4, -0.2) is 42.3 Å². The van der Waals surface area contributed by atoms with Gasteiger partial charge >= 0.3 is 0 Å². The number of hydrogen-bond acceptors (Lipinski definition) is 4. The Morgan fingerprint density at radius 1 is 1.32 bits per heavy atom. The van der Waals surface area contributed by atoms with Gasteiger partial charge in [0.05, 0.1) is 12.1 Å². The van der Waals surface area contributed by atoms with Crippen molar-refractivity contribution in [1.29, 1.82) is 0 Å². The molecule has 19 heavy (non-hydrogen) atoms. The minimum atomic E-state index is -0.693. The lowest BCUT2D eigenvalue weighted by Crippen LogP contribution is -2.55. The molecule has 0 saturated carbocycles. The third kappa shape index (κ3) is 4.02. The Morgan fingerprint density at radius 3 is 2.74 bits per heavy atom. The molecule has 0 bridgehead atoms. The molecule has 5 nitrogen and oxygen atoms in total. The second-order valence-electron chi connectivity index (χ2n) is 4.95. The van der Waals surface area contributed by atoms with Gasteiger partial charge in [-0.3, -0.25) is 4.79 Å². The van der Waals surface area contributed by atoms with Gasteiger partial charge in [-0.2, -0.15) is 0 Å². The minimum absolute atomic E-state index is 0.0581. The fraction of sp³-hybridized carbons (Fsp3) is 0.500. The van der Waals surface area contributed by atoms with Gasteiger partial charge in [-0.05, 0) is 18.4 Å². The van der Waals surface area contributed by atoms with Crippen molar-refractivity contribution >= 4 is 5.91 Å². The normalized spacial score (nSPS) is 22.6. The quantitative estimate of drug-likeness (QED) is 0.571. The van der Waals surface area contributed by atoms with Gasteiger partial charge in [0.25, 0.3) is 0 Å². The maximum absolute atomic E-state index is 11.6.